The normalized spacial score (nSPS) is 10.4. The van der Waals surface area contributed by atoms with Gasteiger partial charge in [-0.15, -0.1) is 0 Å². The van der Waals surface area contributed by atoms with Crippen LogP contribution in [0.2, 0.25) is 0 Å². The third-order valence-electron chi connectivity index (χ3n) is 2.80. The minimum atomic E-state index is 0.162. The van der Waals surface area contributed by atoms with E-state index >= 15 is 0 Å². The molecule has 0 saturated heterocycles. The van der Waals surface area contributed by atoms with Crippen molar-refractivity contribution in [3.8, 4) is 0 Å². The van der Waals surface area contributed by atoms with Crippen LogP contribution in [0, 0.1) is 10.5 Å². The first kappa shape index (κ1) is 13.7. The number of carbonyl (C=O) groups excluding carboxylic acids is 1. The quantitative estimate of drug-likeness (QED) is 0.521. The Bertz CT molecular complexity index is 593. The summed E-state index contributed by atoms with van der Waals surface area (Å²) in [6.07, 6.45) is 0.431. The van der Waals surface area contributed by atoms with E-state index in [9.17, 15) is 4.79 Å². The van der Waals surface area contributed by atoms with E-state index in [1.165, 1.54) is 0 Å². The van der Waals surface area contributed by atoms with Crippen LogP contribution in [0.25, 0.3) is 0 Å². The molecule has 3 heteroatoms. The largest absolute Gasteiger partial charge is 0.294 e. The Kier molecular flexibility index (Phi) is 4.56. The van der Waals surface area contributed by atoms with E-state index in [0.717, 1.165) is 24.7 Å². The lowest BCUT2D eigenvalue weighted by Gasteiger charge is -2.07. The van der Waals surface area contributed by atoms with Gasteiger partial charge < -0.3 is 0 Å². The molecule has 0 aliphatic carbocycles. The van der Waals surface area contributed by atoms with Crippen molar-refractivity contribution in [2.75, 3.05) is 0 Å². The highest BCUT2D eigenvalue weighted by Gasteiger charge is 2.13. The fourth-order valence-corrected chi connectivity index (χ4v) is 2.86. The molecular formula is C15H12BrIO. The number of halogens is 2. The van der Waals surface area contributed by atoms with Gasteiger partial charge in [-0.25, -0.2) is 0 Å². The van der Waals surface area contributed by atoms with Crippen molar-refractivity contribution in [2.45, 2.75) is 13.3 Å². The molecule has 1 nitrogen and oxygen atoms in total. The summed E-state index contributed by atoms with van der Waals surface area (Å²) in [4.78, 5) is 12.3. The number of aryl methyl sites for hydroxylation is 1. The minimum Gasteiger partial charge on any atom is -0.294 e. The Morgan fingerprint density at radius 2 is 1.89 bits per heavy atom. The lowest BCUT2D eigenvalue weighted by atomic mass is 10.0. The van der Waals surface area contributed by atoms with E-state index in [4.69, 9.17) is 0 Å². The Hall–Kier alpha value is -0.680. The van der Waals surface area contributed by atoms with Crippen molar-refractivity contribution in [1.82, 2.24) is 0 Å². The summed E-state index contributed by atoms with van der Waals surface area (Å²) in [6, 6.07) is 13.7. The van der Waals surface area contributed by atoms with Crippen LogP contribution in [0.1, 0.15) is 21.5 Å². The maximum absolute atomic E-state index is 12.3. The summed E-state index contributed by atoms with van der Waals surface area (Å²) in [6.45, 7) is 2.02. The summed E-state index contributed by atoms with van der Waals surface area (Å²) >= 11 is 5.72. The lowest BCUT2D eigenvalue weighted by Crippen LogP contribution is -2.07. The average molecular weight is 415 g/mol. The van der Waals surface area contributed by atoms with Gasteiger partial charge in [0.1, 0.15) is 0 Å². The molecule has 2 rings (SSSR count). The number of ketones is 1. The van der Waals surface area contributed by atoms with Crippen molar-refractivity contribution in [3.63, 3.8) is 0 Å². The van der Waals surface area contributed by atoms with Gasteiger partial charge in [-0.05, 0) is 46.7 Å². The third kappa shape index (κ3) is 3.01. The topological polar surface area (TPSA) is 17.1 Å². The van der Waals surface area contributed by atoms with Crippen LogP contribution in [0.15, 0.2) is 46.9 Å². The zero-order chi connectivity index (χ0) is 13.1. The Morgan fingerprint density at radius 3 is 2.61 bits per heavy atom. The fourth-order valence-electron chi connectivity index (χ4n) is 1.77. The Balaban J connectivity index is 2.28. The van der Waals surface area contributed by atoms with Crippen LogP contribution in [-0.4, -0.2) is 5.78 Å². The van der Waals surface area contributed by atoms with E-state index < -0.39 is 0 Å². The zero-order valence-corrected chi connectivity index (χ0v) is 13.7. The molecule has 0 spiro atoms. The molecule has 92 valence electrons. The second-order valence-electron chi connectivity index (χ2n) is 4.13. The second kappa shape index (κ2) is 5.97. The van der Waals surface area contributed by atoms with Gasteiger partial charge in [-0.1, -0.05) is 52.3 Å². The lowest BCUT2D eigenvalue weighted by molar-refractivity contribution is 0.0992. The smallest absolute Gasteiger partial charge is 0.168 e. The first-order valence-corrected chi connectivity index (χ1v) is 7.48. The maximum Gasteiger partial charge on any atom is 0.168 e. The SMILES string of the molecule is Cc1cccc(C(=O)Cc2ccccc2Br)c1I. The predicted octanol–water partition coefficient (Wildman–Crippen LogP) is 4.79. The van der Waals surface area contributed by atoms with E-state index in [2.05, 4.69) is 38.5 Å². The molecule has 18 heavy (non-hydrogen) atoms. The summed E-state index contributed by atoms with van der Waals surface area (Å²) in [5, 5.41) is 0. The monoisotopic (exact) mass is 414 g/mol. The summed E-state index contributed by atoms with van der Waals surface area (Å²) in [5.74, 6) is 0.162. The van der Waals surface area contributed by atoms with Gasteiger partial charge in [-0.3, -0.25) is 4.79 Å². The molecule has 0 unspecified atom stereocenters. The van der Waals surface area contributed by atoms with Gasteiger partial charge in [-0.2, -0.15) is 0 Å². The molecule has 0 saturated carbocycles. The van der Waals surface area contributed by atoms with Gasteiger partial charge in [0, 0.05) is 20.0 Å². The number of hydrogen-bond donors (Lipinski definition) is 0. The summed E-state index contributed by atoms with van der Waals surface area (Å²) < 4.78 is 2.04. The van der Waals surface area contributed by atoms with Gasteiger partial charge in [0.2, 0.25) is 0 Å². The number of Topliss-reactive ketones (excluding diaryl/α,β-unsaturated/α-hetero) is 1. The molecule has 0 bridgehead atoms. The first-order valence-electron chi connectivity index (χ1n) is 5.61. The average Bonchev–Trinajstić information content (AvgIpc) is 2.35. The number of hydrogen-bond acceptors (Lipinski definition) is 1. The summed E-state index contributed by atoms with van der Waals surface area (Å²) in [7, 11) is 0. The van der Waals surface area contributed by atoms with E-state index in [1.54, 1.807) is 0 Å². The van der Waals surface area contributed by atoms with E-state index in [0.29, 0.717) is 6.42 Å². The van der Waals surface area contributed by atoms with Crippen LogP contribution in [-0.2, 0) is 6.42 Å². The van der Waals surface area contributed by atoms with Crippen molar-refractivity contribution < 1.29 is 4.79 Å². The standard InChI is InChI=1S/C15H12BrIO/c1-10-5-4-7-12(15(10)17)14(18)9-11-6-2-3-8-13(11)16/h2-8H,9H2,1H3. The van der Waals surface area contributed by atoms with Crippen molar-refractivity contribution >= 4 is 44.3 Å². The zero-order valence-electron chi connectivity index (χ0n) is 9.91. The van der Waals surface area contributed by atoms with E-state index in [1.807, 2.05) is 49.4 Å². The number of carbonyl (C=O) groups is 1. The minimum absolute atomic E-state index is 0.162. The third-order valence-corrected chi connectivity index (χ3v) is 5.01. The van der Waals surface area contributed by atoms with Crippen LogP contribution in [0.5, 0.6) is 0 Å². The molecule has 2 aromatic rings. The number of benzene rings is 2. The van der Waals surface area contributed by atoms with Crippen LogP contribution in [0.3, 0.4) is 0 Å². The van der Waals surface area contributed by atoms with Crippen LogP contribution >= 0.6 is 38.5 Å². The molecule has 0 aromatic heterocycles. The Morgan fingerprint density at radius 1 is 1.17 bits per heavy atom. The molecule has 0 heterocycles. The fraction of sp³-hybridized carbons (Fsp3) is 0.133. The van der Waals surface area contributed by atoms with Gasteiger partial charge in [0.25, 0.3) is 0 Å². The molecule has 0 fully saturated rings. The first-order chi connectivity index (χ1) is 8.59. The molecule has 0 aliphatic rings. The van der Waals surface area contributed by atoms with Crippen molar-refractivity contribution in [3.05, 3.63) is 67.2 Å². The molecule has 0 N–H and O–H groups in total. The highest BCUT2D eigenvalue weighted by molar-refractivity contribution is 14.1. The van der Waals surface area contributed by atoms with Gasteiger partial charge in [0.15, 0.2) is 5.78 Å². The van der Waals surface area contributed by atoms with E-state index in [-0.39, 0.29) is 5.78 Å². The van der Waals surface area contributed by atoms with Crippen molar-refractivity contribution in [2.24, 2.45) is 0 Å². The summed E-state index contributed by atoms with van der Waals surface area (Å²) in [5.41, 5.74) is 2.99. The predicted molar refractivity (Wildman–Crippen MR) is 86.1 cm³/mol. The second-order valence-corrected chi connectivity index (χ2v) is 6.06. The molecule has 0 radical (unpaired) electrons. The Labute approximate surface area is 129 Å². The van der Waals surface area contributed by atoms with Gasteiger partial charge in [0.05, 0.1) is 0 Å². The van der Waals surface area contributed by atoms with Crippen LogP contribution in [0.4, 0.5) is 0 Å². The highest BCUT2D eigenvalue weighted by Crippen LogP contribution is 2.21. The van der Waals surface area contributed by atoms with Crippen LogP contribution < -0.4 is 0 Å². The molecule has 2 aromatic carbocycles. The molecule has 0 aliphatic heterocycles. The molecule has 0 amide bonds. The molecular weight excluding hydrogens is 403 g/mol. The van der Waals surface area contributed by atoms with Crippen molar-refractivity contribution in [1.29, 1.82) is 0 Å². The van der Waals surface area contributed by atoms with Gasteiger partial charge >= 0.3 is 0 Å². The number of rotatable bonds is 3. The highest BCUT2D eigenvalue weighted by atomic mass is 127. The molecule has 0 atom stereocenters. The maximum atomic E-state index is 12.3.